The summed E-state index contributed by atoms with van der Waals surface area (Å²) in [5, 5.41) is 15.0. The van der Waals surface area contributed by atoms with E-state index in [0.717, 1.165) is 5.56 Å². The van der Waals surface area contributed by atoms with Crippen molar-refractivity contribution in [3.63, 3.8) is 0 Å². The maximum Gasteiger partial charge on any atom is 0.254 e. The van der Waals surface area contributed by atoms with Gasteiger partial charge in [-0.3, -0.25) is 9.59 Å². The van der Waals surface area contributed by atoms with E-state index in [2.05, 4.69) is 27.4 Å². The quantitative estimate of drug-likeness (QED) is 0.335. The Kier molecular flexibility index (Phi) is 8.24. The fraction of sp³-hybridized carbons (Fsp3) is 0.217. The van der Waals surface area contributed by atoms with Crippen molar-refractivity contribution in [2.75, 3.05) is 11.1 Å². The summed E-state index contributed by atoms with van der Waals surface area (Å²) in [5.41, 5.74) is 1.38. The molecule has 10 heteroatoms. The Hall–Kier alpha value is -3.17. The van der Waals surface area contributed by atoms with E-state index in [1.165, 1.54) is 30.0 Å². The number of hydrogen-bond acceptors (Lipinski definition) is 5. The molecule has 3 rings (SSSR count). The number of thioether (sulfide) groups is 1. The lowest BCUT2D eigenvalue weighted by atomic mass is 10.2. The van der Waals surface area contributed by atoms with E-state index in [0.29, 0.717) is 28.2 Å². The van der Waals surface area contributed by atoms with Gasteiger partial charge < -0.3 is 15.2 Å². The minimum atomic E-state index is -0.605. The average molecular weight is 488 g/mol. The second-order valence-electron chi connectivity index (χ2n) is 7.16. The molecule has 3 aromatic rings. The van der Waals surface area contributed by atoms with Crippen LogP contribution in [0.15, 0.2) is 60.3 Å². The fourth-order valence-electron chi connectivity index (χ4n) is 3.07. The molecule has 0 bridgehead atoms. The molecule has 7 nitrogen and oxygen atoms in total. The Morgan fingerprint density at radius 3 is 2.73 bits per heavy atom. The Morgan fingerprint density at radius 1 is 1.24 bits per heavy atom. The van der Waals surface area contributed by atoms with Crippen molar-refractivity contribution in [3.8, 4) is 0 Å². The minimum absolute atomic E-state index is 0.0540. The van der Waals surface area contributed by atoms with Gasteiger partial charge in [0.15, 0.2) is 11.0 Å². The number of anilines is 1. The van der Waals surface area contributed by atoms with E-state index in [9.17, 15) is 14.0 Å². The number of rotatable bonds is 9. The molecular formula is C23H23ClFN5O2S. The van der Waals surface area contributed by atoms with Crippen LogP contribution in [-0.2, 0) is 11.3 Å². The normalized spacial score (nSPS) is 11.6. The van der Waals surface area contributed by atoms with Gasteiger partial charge in [-0.05, 0) is 43.7 Å². The lowest BCUT2D eigenvalue weighted by Crippen LogP contribution is -2.29. The standard InChI is InChI=1S/C23H23ClFN5O2S/c1-4-12-30-21(15(3)26-22(32)16-8-5-6-10-18(16)25)28-29-23(30)33-13-20(31)27-19-11-7-9-17(24)14(19)2/h4-11,15H,1,12-13H2,2-3H3,(H,26,32)(H,27,31)/t15-/m1/s1. The van der Waals surface area contributed by atoms with Gasteiger partial charge in [0.05, 0.1) is 17.4 Å². The summed E-state index contributed by atoms with van der Waals surface area (Å²) in [5.74, 6) is -0.822. The van der Waals surface area contributed by atoms with Gasteiger partial charge in [0.1, 0.15) is 5.82 Å². The molecule has 0 fully saturated rings. The van der Waals surface area contributed by atoms with E-state index in [1.807, 2.05) is 6.92 Å². The van der Waals surface area contributed by atoms with Crippen molar-refractivity contribution in [2.24, 2.45) is 0 Å². The van der Waals surface area contributed by atoms with E-state index < -0.39 is 17.8 Å². The number of amides is 2. The number of benzene rings is 2. The molecule has 2 amide bonds. The summed E-state index contributed by atoms with van der Waals surface area (Å²) in [4.78, 5) is 24.9. The summed E-state index contributed by atoms with van der Waals surface area (Å²) < 4.78 is 15.7. The topological polar surface area (TPSA) is 88.9 Å². The van der Waals surface area contributed by atoms with Crippen molar-refractivity contribution in [3.05, 3.63) is 82.9 Å². The Balaban J connectivity index is 1.69. The molecule has 0 spiro atoms. The van der Waals surface area contributed by atoms with Crippen LogP contribution in [0, 0.1) is 12.7 Å². The fourth-order valence-corrected chi connectivity index (χ4v) is 4.00. The highest BCUT2D eigenvalue weighted by Crippen LogP contribution is 2.25. The van der Waals surface area contributed by atoms with E-state index >= 15 is 0 Å². The monoisotopic (exact) mass is 487 g/mol. The Bertz CT molecular complexity index is 1180. The van der Waals surface area contributed by atoms with Crippen LogP contribution in [0.3, 0.4) is 0 Å². The molecule has 1 heterocycles. The number of nitrogens with one attached hydrogen (secondary N) is 2. The zero-order valence-electron chi connectivity index (χ0n) is 18.1. The second-order valence-corrected chi connectivity index (χ2v) is 8.51. The minimum Gasteiger partial charge on any atom is -0.342 e. The summed E-state index contributed by atoms with van der Waals surface area (Å²) >= 11 is 7.31. The van der Waals surface area contributed by atoms with Crippen LogP contribution in [0.4, 0.5) is 10.1 Å². The highest BCUT2D eigenvalue weighted by molar-refractivity contribution is 7.99. The Morgan fingerprint density at radius 2 is 2.00 bits per heavy atom. The van der Waals surface area contributed by atoms with Gasteiger partial charge in [0.25, 0.3) is 5.91 Å². The summed E-state index contributed by atoms with van der Waals surface area (Å²) in [6.07, 6.45) is 1.66. The molecule has 2 aromatic carbocycles. The molecule has 0 saturated heterocycles. The first-order valence-electron chi connectivity index (χ1n) is 10.1. The number of aromatic nitrogens is 3. The Labute approximate surface area is 200 Å². The molecule has 0 saturated carbocycles. The van der Waals surface area contributed by atoms with Gasteiger partial charge in [0, 0.05) is 17.3 Å². The maximum absolute atomic E-state index is 13.9. The van der Waals surface area contributed by atoms with Crippen molar-refractivity contribution < 1.29 is 14.0 Å². The smallest absolute Gasteiger partial charge is 0.254 e. The van der Waals surface area contributed by atoms with Gasteiger partial charge >= 0.3 is 0 Å². The number of carbonyl (C=O) groups is 2. The van der Waals surface area contributed by atoms with E-state index in [-0.39, 0.29) is 17.2 Å². The first kappa shape index (κ1) is 24.5. The van der Waals surface area contributed by atoms with Crippen molar-refractivity contribution in [1.82, 2.24) is 20.1 Å². The third-order valence-electron chi connectivity index (χ3n) is 4.78. The van der Waals surface area contributed by atoms with Gasteiger partial charge in [-0.25, -0.2) is 4.39 Å². The number of carbonyl (C=O) groups excluding carboxylic acids is 2. The van der Waals surface area contributed by atoms with E-state index in [1.54, 1.807) is 41.8 Å². The highest BCUT2D eigenvalue weighted by atomic mass is 35.5. The third-order valence-corrected chi connectivity index (χ3v) is 6.16. The molecule has 0 radical (unpaired) electrons. The van der Waals surface area contributed by atoms with Crippen molar-refractivity contribution in [2.45, 2.75) is 31.6 Å². The van der Waals surface area contributed by atoms with Crippen LogP contribution in [0.2, 0.25) is 5.02 Å². The van der Waals surface area contributed by atoms with Crippen LogP contribution in [0.5, 0.6) is 0 Å². The average Bonchev–Trinajstić information content (AvgIpc) is 3.18. The molecule has 33 heavy (non-hydrogen) atoms. The number of nitrogens with zero attached hydrogens (tertiary/aromatic N) is 3. The third kappa shape index (κ3) is 6.00. The predicted molar refractivity (Wildman–Crippen MR) is 128 cm³/mol. The van der Waals surface area contributed by atoms with Crippen LogP contribution in [0.25, 0.3) is 0 Å². The number of allylic oxidation sites excluding steroid dienone is 1. The predicted octanol–water partition coefficient (Wildman–Crippen LogP) is 4.79. The van der Waals surface area contributed by atoms with Gasteiger partial charge in [-0.1, -0.05) is 47.6 Å². The summed E-state index contributed by atoms with van der Waals surface area (Å²) in [7, 11) is 0. The van der Waals surface area contributed by atoms with Crippen LogP contribution >= 0.6 is 23.4 Å². The second kappa shape index (κ2) is 11.1. The van der Waals surface area contributed by atoms with Crippen molar-refractivity contribution >= 4 is 40.9 Å². The van der Waals surface area contributed by atoms with Gasteiger partial charge in [-0.15, -0.1) is 16.8 Å². The summed E-state index contributed by atoms with van der Waals surface area (Å²) in [6, 6.07) is 10.5. The van der Waals surface area contributed by atoms with Crippen molar-refractivity contribution in [1.29, 1.82) is 0 Å². The molecule has 2 N–H and O–H groups in total. The molecule has 0 aliphatic rings. The first-order chi connectivity index (χ1) is 15.8. The maximum atomic E-state index is 13.9. The summed E-state index contributed by atoms with van der Waals surface area (Å²) in [6.45, 7) is 7.68. The molecule has 172 valence electrons. The molecule has 1 atom stereocenters. The molecule has 0 aliphatic carbocycles. The first-order valence-corrected chi connectivity index (χ1v) is 11.4. The molecule has 1 aromatic heterocycles. The zero-order valence-corrected chi connectivity index (χ0v) is 19.7. The molecule has 0 unspecified atom stereocenters. The van der Waals surface area contributed by atoms with Crippen LogP contribution in [0.1, 0.15) is 34.7 Å². The SMILES string of the molecule is C=CCn1c(SCC(=O)Nc2cccc(Cl)c2C)nnc1[C@@H](C)NC(=O)c1ccccc1F. The zero-order chi connectivity index (χ0) is 24.0. The lowest BCUT2D eigenvalue weighted by Gasteiger charge is -2.15. The highest BCUT2D eigenvalue weighted by Gasteiger charge is 2.21. The molecular weight excluding hydrogens is 465 g/mol. The van der Waals surface area contributed by atoms with Gasteiger partial charge in [0.2, 0.25) is 5.91 Å². The lowest BCUT2D eigenvalue weighted by molar-refractivity contribution is -0.113. The number of halogens is 2. The number of hydrogen-bond donors (Lipinski definition) is 2. The molecule has 0 aliphatic heterocycles. The van der Waals surface area contributed by atoms with Crippen LogP contribution in [-0.4, -0.2) is 32.3 Å². The van der Waals surface area contributed by atoms with Gasteiger partial charge in [-0.2, -0.15) is 0 Å². The van der Waals surface area contributed by atoms with E-state index in [4.69, 9.17) is 11.6 Å². The van der Waals surface area contributed by atoms with Crippen LogP contribution < -0.4 is 10.6 Å². The largest absolute Gasteiger partial charge is 0.342 e.